The van der Waals surface area contributed by atoms with E-state index in [0.717, 1.165) is 22.4 Å². The second-order valence-corrected chi connectivity index (χ2v) is 23.0. The summed E-state index contributed by atoms with van der Waals surface area (Å²) in [5.41, 5.74) is 32.1. The Kier molecular flexibility index (Phi) is 8.02. The molecule has 0 radical (unpaired) electrons. The summed E-state index contributed by atoms with van der Waals surface area (Å²) in [6, 6.07) is 88.0. The minimum Gasteiger partial charge on any atom is -0.194 e. The molecule has 3 unspecified atom stereocenters. The lowest BCUT2D eigenvalue weighted by molar-refractivity contribution is -0.716. The van der Waals surface area contributed by atoms with Crippen LogP contribution >= 0.6 is 0 Å². The fourth-order valence-corrected chi connectivity index (χ4v) is 16.3. The molecule has 0 amide bonds. The summed E-state index contributed by atoms with van der Waals surface area (Å²) in [6.45, 7) is 5.75. The van der Waals surface area contributed by atoms with Gasteiger partial charge in [-0.2, -0.15) is 13.7 Å². The van der Waals surface area contributed by atoms with Gasteiger partial charge in [0.2, 0.25) is 28.2 Å². The summed E-state index contributed by atoms with van der Waals surface area (Å²) in [5, 5.41) is 0. The van der Waals surface area contributed by atoms with E-state index in [1.807, 2.05) is 0 Å². The number of allylic oxidation sites excluding steroid dienone is 9. The molecule has 5 aliphatic carbocycles. The lowest BCUT2D eigenvalue weighted by Gasteiger charge is -2.40. The van der Waals surface area contributed by atoms with Gasteiger partial charge in [-0.05, 0) is 150 Å². The van der Waals surface area contributed by atoms with Gasteiger partial charge in [0, 0.05) is 75.9 Å². The first-order chi connectivity index (χ1) is 39.5. The standard InChI is InChI=1S/C77H48N3/c1-47-39-68-58-23-9-6-19-54(58)51-32-34-60(62(47)40-51)70-25-11-14-36-78(70)46-53-44-76-69-45-75-67-41-52(55-20-7-10-24-59(55)69)33-35-61(67)71-26-13-16-38-80(71)77(68,75)74(75)73(76)66-43-64(57-22-8-5-21-56(53)57)63(42-65(66)72-27-12-15-37-79(72)76)50-30-28-49(29-31-50)48-17-3-2-4-18-48/h2-45H,1,46H2/q+3/b53-44+,68-39-. The topological polar surface area (TPSA) is 11.6 Å². The molecule has 13 bridgehead atoms. The molecule has 0 N–H and O–H groups in total. The lowest BCUT2D eigenvalue weighted by atomic mass is 9.63. The SMILES string of the molecule is C=C1/C=C2/c3ccccc3-c3ccc(c1c3)-c1cccc[n+]1C/C1=C\C34C5=CC67C(=C3c3cc(c(-c8ccc(-c9ccccc9)cc8)cc3-c3cccc[n+]34)-c3ccccc31)C26[n+]1ccccc1-c1ccc(cc17)-c1ccccc15. The molecular formula is C77H48N3+3. The average Bonchev–Trinajstić information content (AvgIpc) is 1.55. The van der Waals surface area contributed by atoms with Crippen LogP contribution in [-0.4, -0.2) is 0 Å². The number of benzene rings is 8. The maximum Gasteiger partial charge on any atom is 0.239 e. The molecule has 6 heterocycles. The molecule has 3 atom stereocenters. The van der Waals surface area contributed by atoms with E-state index in [1.54, 1.807) is 0 Å². The predicted molar refractivity (Wildman–Crippen MR) is 321 cm³/mol. The molecule has 3 heteroatoms. The molecular weight excluding hydrogens is 967 g/mol. The number of aromatic nitrogens is 3. The van der Waals surface area contributed by atoms with Gasteiger partial charge >= 0.3 is 0 Å². The molecule has 19 rings (SSSR count). The van der Waals surface area contributed by atoms with Gasteiger partial charge in [-0.25, -0.2) is 0 Å². The summed E-state index contributed by atoms with van der Waals surface area (Å²) in [5.74, 6) is 0. The van der Waals surface area contributed by atoms with Crippen molar-refractivity contribution in [3.8, 4) is 89.4 Å². The van der Waals surface area contributed by atoms with Crippen LogP contribution in [0.15, 0.2) is 279 Å². The van der Waals surface area contributed by atoms with E-state index in [1.165, 1.54) is 134 Å². The smallest absolute Gasteiger partial charge is 0.194 e. The van der Waals surface area contributed by atoms with E-state index in [4.69, 9.17) is 6.58 Å². The van der Waals surface area contributed by atoms with Crippen LogP contribution in [-0.2, 0) is 23.0 Å². The van der Waals surface area contributed by atoms with Crippen LogP contribution in [0, 0.1) is 0 Å². The van der Waals surface area contributed by atoms with Crippen molar-refractivity contribution in [2.24, 2.45) is 0 Å². The number of hydrogen-bond acceptors (Lipinski definition) is 0. The van der Waals surface area contributed by atoms with Crippen molar-refractivity contribution in [3.05, 3.63) is 313 Å². The Hall–Kier alpha value is -10.1. The van der Waals surface area contributed by atoms with Crippen molar-refractivity contribution >= 4 is 27.9 Å². The molecule has 0 saturated heterocycles. The quantitative estimate of drug-likeness (QED) is 0.153. The Balaban J connectivity index is 1.07. The van der Waals surface area contributed by atoms with E-state index in [0.29, 0.717) is 6.54 Å². The number of rotatable bonds is 2. The molecule has 3 aromatic heterocycles. The second kappa shape index (κ2) is 14.9. The number of nitrogens with zero attached hydrogens (tertiary/aromatic N) is 3. The zero-order valence-electron chi connectivity index (χ0n) is 43.7. The minimum absolute atomic E-state index is 0.605. The van der Waals surface area contributed by atoms with Gasteiger partial charge in [-0.15, -0.1) is 0 Å². The van der Waals surface area contributed by atoms with E-state index in [-0.39, 0.29) is 0 Å². The first kappa shape index (κ1) is 43.0. The Morgan fingerprint density at radius 2 is 0.925 bits per heavy atom. The van der Waals surface area contributed by atoms with E-state index < -0.39 is 16.5 Å². The van der Waals surface area contributed by atoms with Crippen LogP contribution < -0.4 is 13.7 Å². The first-order valence-electron chi connectivity index (χ1n) is 28.1. The average molecular weight is 1020 g/mol. The Labute approximate surface area is 464 Å². The Morgan fingerprint density at radius 3 is 1.70 bits per heavy atom. The molecule has 11 aromatic rings. The third kappa shape index (κ3) is 5.07. The predicted octanol–water partition coefficient (Wildman–Crippen LogP) is 15.9. The third-order valence-corrected chi connectivity index (χ3v) is 19.5. The normalized spacial score (nSPS) is 21.9. The first-order valence-corrected chi connectivity index (χ1v) is 28.1. The summed E-state index contributed by atoms with van der Waals surface area (Å²) in [6.07, 6.45) is 15.1. The van der Waals surface area contributed by atoms with Gasteiger partial charge in [-0.1, -0.05) is 152 Å². The van der Waals surface area contributed by atoms with E-state index in [9.17, 15) is 0 Å². The molecule has 368 valence electrons. The molecule has 80 heavy (non-hydrogen) atoms. The highest BCUT2D eigenvalue weighted by atomic mass is 15.2. The van der Waals surface area contributed by atoms with Crippen LogP contribution in [0.5, 0.6) is 0 Å². The van der Waals surface area contributed by atoms with Gasteiger partial charge < -0.3 is 0 Å². The minimum atomic E-state index is -0.871. The van der Waals surface area contributed by atoms with Crippen molar-refractivity contribution in [1.29, 1.82) is 0 Å². The zero-order chi connectivity index (χ0) is 52.2. The Morgan fingerprint density at radius 1 is 0.350 bits per heavy atom. The fraction of sp³-hybridized carbons (Fsp3) is 0.0519. The van der Waals surface area contributed by atoms with E-state index in [2.05, 4.69) is 281 Å². The van der Waals surface area contributed by atoms with E-state index >= 15 is 0 Å². The van der Waals surface area contributed by atoms with Crippen molar-refractivity contribution < 1.29 is 13.7 Å². The van der Waals surface area contributed by atoms with Crippen LogP contribution in [0.25, 0.3) is 117 Å². The molecule has 1 fully saturated rings. The molecule has 8 aromatic carbocycles. The number of fused-ring (bicyclic) bond motifs is 19. The molecule has 3 aliphatic heterocycles. The highest BCUT2D eigenvalue weighted by Gasteiger charge is 2.88. The molecule has 3 nitrogen and oxygen atoms in total. The van der Waals surface area contributed by atoms with Crippen molar-refractivity contribution in [1.82, 2.24) is 0 Å². The van der Waals surface area contributed by atoms with Crippen LogP contribution in [0.3, 0.4) is 0 Å². The number of hydrogen-bond donors (Lipinski definition) is 0. The van der Waals surface area contributed by atoms with Crippen LogP contribution in [0.4, 0.5) is 0 Å². The molecule has 1 saturated carbocycles. The molecule has 2 spiro atoms. The van der Waals surface area contributed by atoms with Crippen molar-refractivity contribution in [2.75, 3.05) is 0 Å². The lowest BCUT2D eigenvalue weighted by Crippen LogP contribution is -2.60. The number of pyridine rings is 3. The second-order valence-electron chi connectivity index (χ2n) is 23.0. The van der Waals surface area contributed by atoms with Gasteiger partial charge in [0.1, 0.15) is 5.41 Å². The zero-order valence-corrected chi connectivity index (χ0v) is 43.7. The fourth-order valence-electron chi connectivity index (χ4n) is 16.3. The monoisotopic (exact) mass is 1010 g/mol. The Bertz CT molecular complexity index is 4870. The van der Waals surface area contributed by atoms with Gasteiger partial charge in [0.15, 0.2) is 25.1 Å². The van der Waals surface area contributed by atoms with Gasteiger partial charge in [0.25, 0.3) is 0 Å². The summed E-state index contributed by atoms with van der Waals surface area (Å²) < 4.78 is 7.89. The summed E-state index contributed by atoms with van der Waals surface area (Å²) >= 11 is 0. The third-order valence-electron chi connectivity index (χ3n) is 19.5. The summed E-state index contributed by atoms with van der Waals surface area (Å²) in [7, 11) is 0. The highest BCUT2D eigenvalue weighted by Crippen LogP contribution is 2.81. The highest BCUT2D eigenvalue weighted by molar-refractivity contribution is 6.14. The summed E-state index contributed by atoms with van der Waals surface area (Å²) in [4.78, 5) is 0. The van der Waals surface area contributed by atoms with Crippen LogP contribution in [0.2, 0.25) is 0 Å². The largest absolute Gasteiger partial charge is 0.239 e. The van der Waals surface area contributed by atoms with Crippen LogP contribution in [0.1, 0.15) is 33.4 Å². The maximum atomic E-state index is 5.15. The maximum absolute atomic E-state index is 5.15. The van der Waals surface area contributed by atoms with Crippen molar-refractivity contribution in [2.45, 2.75) is 23.0 Å². The van der Waals surface area contributed by atoms with Gasteiger partial charge in [-0.3, -0.25) is 0 Å². The van der Waals surface area contributed by atoms with Gasteiger partial charge in [0.05, 0.1) is 16.7 Å². The molecule has 8 aliphatic rings. The van der Waals surface area contributed by atoms with Crippen molar-refractivity contribution in [3.63, 3.8) is 0 Å².